The third kappa shape index (κ3) is 3.61. The summed E-state index contributed by atoms with van der Waals surface area (Å²) in [5, 5.41) is 3.37. The molecule has 1 aliphatic rings. The molecule has 0 bridgehead atoms. The number of para-hydroxylation sites is 1. The molecular formula is C19H19ClN2O3. The number of amides is 2. The van der Waals surface area contributed by atoms with E-state index < -0.39 is 5.92 Å². The molecule has 0 radical (unpaired) electrons. The van der Waals surface area contributed by atoms with Gasteiger partial charge in [-0.3, -0.25) is 9.59 Å². The van der Waals surface area contributed by atoms with Crippen LogP contribution in [0.25, 0.3) is 0 Å². The monoisotopic (exact) mass is 358 g/mol. The molecule has 0 saturated carbocycles. The van der Waals surface area contributed by atoms with Crippen molar-refractivity contribution in [2.75, 3.05) is 23.9 Å². The fourth-order valence-electron chi connectivity index (χ4n) is 2.94. The molecule has 2 amide bonds. The molecule has 0 spiro atoms. The lowest BCUT2D eigenvalue weighted by Crippen LogP contribution is -2.28. The zero-order valence-corrected chi connectivity index (χ0v) is 14.8. The number of aryl methyl sites for hydroxylation is 1. The third-order valence-electron chi connectivity index (χ3n) is 4.25. The van der Waals surface area contributed by atoms with Crippen molar-refractivity contribution < 1.29 is 14.3 Å². The van der Waals surface area contributed by atoms with Crippen LogP contribution >= 0.6 is 11.6 Å². The van der Waals surface area contributed by atoms with Gasteiger partial charge in [0.25, 0.3) is 0 Å². The Hall–Kier alpha value is -2.53. The molecule has 3 rings (SSSR count). The maximum atomic E-state index is 12.6. The molecule has 1 unspecified atom stereocenters. The van der Waals surface area contributed by atoms with Crippen molar-refractivity contribution in [3.05, 3.63) is 53.1 Å². The van der Waals surface area contributed by atoms with Gasteiger partial charge in [-0.1, -0.05) is 29.8 Å². The Morgan fingerprint density at radius 3 is 2.76 bits per heavy atom. The summed E-state index contributed by atoms with van der Waals surface area (Å²) in [4.78, 5) is 26.5. The molecule has 1 N–H and O–H groups in total. The van der Waals surface area contributed by atoms with E-state index in [1.807, 2.05) is 25.1 Å². The average Bonchev–Trinajstić information content (AvgIpc) is 2.97. The van der Waals surface area contributed by atoms with E-state index in [0.29, 0.717) is 28.7 Å². The van der Waals surface area contributed by atoms with Crippen LogP contribution in [-0.4, -0.2) is 25.5 Å². The van der Waals surface area contributed by atoms with Crippen LogP contribution in [-0.2, 0) is 9.59 Å². The Morgan fingerprint density at radius 1 is 1.28 bits per heavy atom. The number of ether oxygens (including phenoxy) is 1. The van der Waals surface area contributed by atoms with Crippen LogP contribution in [0.5, 0.6) is 5.75 Å². The van der Waals surface area contributed by atoms with Gasteiger partial charge in [-0.15, -0.1) is 0 Å². The molecule has 1 aliphatic heterocycles. The topological polar surface area (TPSA) is 58.6 Å². The van der Waals surface area contributed by atoms with Gasteiger partial charge in [0.05, 0.1) is 29.4 Å². The first-order valence-corrected chi connectivity index (χ1v) is 8.38. The molecule has 1 heterocycles. The van der Waals surface area contributed by atoms with Crippen LogP contribution in [0.3, 0.4) is 0 Å². The summed E-state index contributed by atoms with van der Waals surface area (Å²) in [6.45, 7) is 2.25. The lowest BCUT2D eigenvalue weighted by molar-refractivity contribution is -0.122. The molecule has 1 saturated heterocycles. The fourth-order valence-corrected chi connectivity index (χ4v) is 3.18. The molecule has 25 heavy (non-hydrogen) atoms. The summed E-state index contributed by atoms with van der Waals surface area (Å²) in [7, 11) is 1.55. The zero-order valence-electron chi connectivity index (χ0n) is 14.1. The van der Waals surface area contributed by atoms with E-state index in [2.05, 4.69) is 5.32 Å². The highest BCUT2D eigenvalue weighted by atomic mass is 35.5. The Balaban J connectivity index is 1.75. The van der Waals surface area contributed by atoms with Crippen LogP contribution in [0, 0.1) is 12.8 Å². The van der Waals surface area contributed by atoms with Crippen LogP contribution in [0.15, 0.2) is 42.5 Å². The zero-order chi connectivity index (χ0) is 18.0. The van der Waals surface area contributed by atoms with Gasteiger partial charge < -0.3 is 15.0 Å². The summed E-state index contributed by atoms with van der Waals surface area (Å²) >= 11 is 6.17. The second kappa shape index (κ2) is 7.15. The van der Waals surface area contributed by atoms with Crippen molar-refractivity contribution in [3.8, 4) is 5.75 Å². The highest BCUT2D eigenvalue weighted by molar-refractivity contribution is 6.33. The van der Waals surface area contributed by atoms with Gasteiger partial charge in [-0.2, -0.15) is 0 Å². The standard InChI is InChI=1S/C19H19ClN2O3/c1-12-7-8-17(25-2)15(9-12)21-19(24)13-10-18(23)22(11-13)16-6-4-3-5-14(16)20/h3-9,13H,10-11H2,1-2H3,(H,21,24). The number of methoxy groups -OCH3 is 1. The maximum absolute atomic E-state index is 12.6. The largest absolute Gasteiger partial charge is 0.495 e. The van der Waals surface area contributed by atoms with E-state index in [-0.39, 0.29) is 18.2 Å². The van der Waals surface area contributed by atoms with Crippen molar-refractivity contribution in [1.29, 1.82) is 0 Å². The van der Waals surface area contributed by atoms with Crippen LogP contribution in [0.2, 0.25) is 5.02 Å². The van der Waals surface area contributed by atoms with E-state index in [9.17, 15) is 9.59 Å². The Kier molecular flexibility index (Phi) is 4.95. The Morgan fingerprint density at radius 2 is 2.04 bits per heavy atom. The highest BCUT2D eigenvalue weighted by Crippen LogP contribution is 2.32. The number of anilines is 2. The first-order chi connectivity index (χ1) is 12.0. The summed E-state index contributed by atoms with van der Waals surface area (Å²) in [5.41, 5.74) is 2.25. The van der Waals surface area contributed by atoms with Crippen molar-refractivity contribution in [3.63, 3.8) is 0 Å². The van der Waals surface area contributed by atoms with Gasteiger partial charge in [-0.25, -0.2) is 0 Å². The number of nitrogens with one attached hydrogen (secondary N) is 1. The van der Waals surface area contributed by atoms with Gasteiger partial charge in [0.1, 0.15) is 5.75 Å². The van der Waals surface area contributed by atoms with Crippen molar-refractivity contribution in [1.82, 2.24) is 0 Å². The van der Waals surface area contributed by atoms with Crippen LogP contribution in [0.4, 0.5) is 11.4 Å². The number of benzene rings is 2. The lowest BCUT2D eigenvalue weighted by atomic mass is 10.1. The molecule has 2 aromatic rings. The first-order valence-electron chi connectivity index (χ1n) is 8.00. The van der Waals surface area contributed by atoms with E-state index in [1.54, 1.807) is 36.3 Å². The number of nitrogens with zero attached hydrogens (tertiary/aromatic N) is 1. The highest BCUT2D eigenvalue weighted by Gasteiger charge is 2.36. The normalized spacial score (nSPS) is 16.8. The molecule has 6 heteroatoms. The lowest BCUT2D eigenvalue weighted by Gasteiger charge is -2.18. The van der Waals surface area contributed by atoms with Gasteiger partial charge in [0, 0.05) is 13.0 Å². The van der Waals surface area contributed by atoms with Gasteiger partial charge >= 0.3 is 0 Å². The van der Waals surface area contributed by atoms with Crippen molar-refractivity contribution in [2.24, 2.45) is 5.92 Å². The number of hydrogen-bond acceptors (Lipinski definition) is 3. The molecular weight excluding hydrogens is 340 g/mol. The van der Waals surface area contributed by atoms with Gasteiger partial charge in [-0.05, 0) is 36.8 Å². The SMILES string of the molecule is COc1ccc(C)cc1NC(=O)C1CC(=O)N(c2ccccc2Cl)C1. The number of halogens is 1. The predicted molar refractivity (Wildman–Crippen MR) is 98.3 cm³/mol. The van der Waals surface area contributed by atoms with Gasteiger partial charge in [0.15, 0.2) is 0 Å². The first kappa shape index (κ1) is 17.3. The minimum atomic E-state index is -0.436. The van der Waals surface area contributed by atoms with Crippen LogP contribution < -0.4 is 15.0 Å². The van der Waals surface area contributed by atoms with E-state index >= 15 is 0 Å². The summed E-state index contributed by atoms with van der Waals surface area (Å²) < 4.78 is 5.28. The molecule has 5 nitrogen and oxygen atoms in total. The molecule has 0 aromatic heterocycles. The molecule has 2 aromatic carbocycles. The number of carbonyl (C=O) groups excluding carboxylic acids is 2. The summed E-state index contributed by atoms with van der Waals surface area (Å²) in [5.74, 6) is -0.156. The summed E-state index contributed by atoms with van der Waals surface area (Å²) in [6, 6.07) is 12.7. The van der Waals surface area contributed by atoms with E-state index in [0.717, 1.165) is 5.56 Å². The average molecular weight is 359 g/mol. The quantitative estimate of drug-likeness (QED) is 0.907. The number of rotatable bonds is 4. The molecule has 1 fully saturated rings. The Labute approximate surface area is 151 Å². The maximum Gasteiger partial charge on any atom is 0.229 e. The van der Waals surface area contributed by atoms with Crippen molar-refractivity contribution >= 4 is 34.8 Å². The van der Waals surface area contributed by atoms with E-state index in [4.69, 9.17) is 16.3 Å². The summed E-state index contributed by atoms with van der Waals surface area (Å²) in [6.07, 6.45) is 0.158. The molecule has 0 aliphatic carbocycles. The van der Waals surface area contributed by atoms with Crippen molar-refractivity contribution in [2.45, 2.75) is 13.3 Å². The second-order valence-corrected chi connectivity index (χ2v) is 6.46. The van der Waals surface area contributed by atoms with Gasteiger partial charge in [0.2, 0.25) is 11.8 Å². The predicted octanol–water partition coefficient (Wildman–Crippen LogP) is 3.65. The molecule has 130 valence electrons. The Bertz CT molecular complexity index is 822. The van der Waals surface area contributed by atoms with Crippen LogP contribution in [0.1, 0.15) is 12.0 Å². The van der Waals surface area contributed by atoms with E-state index in [1.165, 1.54) is 0 Å². The second-order valence-electron chi connectivity index (χ2n) is 6.05. The fraction of sp³-hybridized carbons (Fsp3) is 0.263. The minimum absolute atomic E-state index is 0.107. The minimum Gasteiger partial charge on any atom is -0.495 e. The molecule has 1 atom stereocenters. The third-order valence-corrected chi connectivity index (χ3v) is 4.57. The number of carbonyl (C=O) groups is 2. The smallest absolute Gasteiger partial charge is 0.229 e. The number of hydrogen-bond donors (Lipinski definition) is 1.